The number of hydrogen-bond acceptors (Lipinski definition) is 10. The summed E-state index contributed by atoms with van der Waals surface area (Å²) in [5, 5.41) is 34.1. The van der Waals surface area contributed by atoms with E-state index >= 15 is 0 Å². The molecule has 13 nitrogen and oxygen atoms in total. The summed E-state index contributed by atoms with van der Waals surface area (Å²) in [6.45, 7) is 5.72. The van der Waals surface area contributed by atoms with E-state index in [1.165, 1.54) is 5.56 Å². The second-order valence-corrected chi connectivity index (χ2v) is 12.5. The van der Waals surface area contributed by atoms with Gasteiger partial charge in [0, 0.05) is 60.3 Å². The van der Waals surface area contributed by atoms with Gasteiger partial charge < -0.3 is 20.9 Å². The third-order valence-corrected chi connectivity index (χ3v) is 9.22. The number of thiophene rings is 2. The summed E-state index contributed by atoms with van der Waals surface area (Å²) in [4.78, 5) is 22.1. The number of aryl methyl sites for hydroxylation is 2. The number of amides is 2. The maximum atomic E-state index is 11.5. The topological polar surface area (TPSA) is 145 Å². The van der Waals surface area contributed by atoms with Gasteiger partial charge in [-0.2, -0.15) is 27.8 Å². The van der Waals surface area contributed by atoms with Gasteiger partial charge in [0.05, 0.1) is 30.0 Å². The number of aromatic amines is 1. The lowest BCUT2D eigenvalue weighted by atomic mass is 10.1. The number of nitrogens with zero attached hydrogens (tertiary/aromatic N) is 8. The van der Waals surface area contributed by atoms with E-state index in [2.05, 4.69) is 81.5 Å². The van der Waals surface area contributed by atoms with Crippen LogP contribution in [0.2, 0.25) is 0 Å². The van der Waals surface area contributed by atoms with Crippen LogP contribution in [0.25, 0.3) is 33.8 Å². The Morgan fingerprint density at radius 3 is 2.00 bits per heavy atom. The van der Waals surface area contributed by atoms with Crippen LogP contribution in [0.3, 0.4) is 0 Å². The van der Waals surface area contributed by atoms with E-state index in [0.717, 1.165) is 83.6 Å². The Morgan fingerprint density at radius 1 is 0.830 bits per heavy atom. The van der Waals surface area contributed by atoms with Crippen LogP contribution in [-0.4, -0.2) is 83.0 Å². The summed E-state index contributed by atoms with van der Waals surface area (Å²) in [5.41, 5.74) is 8.34. The van der Waals surface area contributed by atoms with Gasteiger partial charge in [-0.3, -0.25) is 5.10 Å². The van der Waals surface area contributed by atoms with E-state index in [1.54, 1.807) is 27.6 Å². The summed E-state index contributed by atoms with van der Waals surface area (Å²) in [7, 11) is 0. The first-order valence-electron chi connectivity index (χ1n) is 15.4. The molecule has 8 rings (SSSR count). The molecule has 7 aromatic heterocycles. The van der Waals surface area contributed by atoms with Crippen molar-refractivity contribution in [3.63, 3.8) is 0 Å². The fourth-order valence-corrected chi connectivity index (χ4v) is 6.62. The lowest BCUT2D eigenvalue weighted by Crippen LogP contribution is -2.32. The van der Waals surface area contributed by atoms with Crippen molar-refractivity contribution in [1.29, 1.82) is 0 Å². The molecule has 1 aliphatic heterocycles. The SMILES string of the molecule is Cc1[nH]ncc1CCCNc1ccc2ncc(-c3ccsc3)n2n1.O=C1NCCN1CCNc1ccc2ncc(-c3ccsc3)n2n1. The minimum Gasteiger partial charge on any atom is -0.369 e. The molecular formula is C32H34N12OS2. The molecule has 7 aromatic rings. The van der Waals surface area contributed by atoms with Crippen LogP contribution in [0.15, 0.2) is 76.5 Å². The molecule has 8 heterocycles. The highest BCUT2D eigenvalue weighted by Crippen LogP contribution is 2.24. The van der Waals surface area contributed by atoms with Crippen LogP contribution in [-0.2, 0) is 6.42 Å². The summed E-state index contributed by atoms with van der Waals surface area (Å²) in [6.07, 6.45) is 7.64. The van der Waals surface area contributed by atoms with Crippen molar-refractivity contribution < 1.29 is 4.79 Å². The van der Waals surface area contributed by atoms with Crippen LogP contribution >= 0.6 is 22.7 Å². The Labute approximate surface area is 278 Å². The number of carbonyl (C=O) groups is 1. The monoisotopic (exact) mass is 666 g/mol. The van der Waals surface area contributed by atoms with Crippen molar-refractivity contribution in [1.82, 2.24) is 49.6 Å². The zero-order valence-electron chi connectivity index (χ0n) is 25.8. The molecule has 1 aliphatic rings. The van der Waals surface area contributed by atoms with Crippen LogP contribution in [0.5, 0.6) is 0 Å². The predicted octanol–water partition coefficient (Wildman–Crippen LogP) is 5.43. The summed E-state index contributed by atoms with van der Waals surface area (Å²) in [5.74, 6) is 1.63. The molecule has 0 aliphatic carbocycles. The number of H-pyrrole nitrogens is 1. The standard InChI is InChI=1S/C17H18N6S.C15H16N6OS/c1-12-13(9-20-21-12)3-2-7-18-16-4-5-17-19-10-15(23(17)22-16)14-6-8-24-11-14;22-15-17-5-7-20(15)6-4-16-13-1-2-14-18-9-12(21(14)19-13)11-3-8-23-10-11/h4-6,8-11H,2-3,7H2,1H3,(H,18,22)(H,20,21);1-3,8-10H,4-7H2,(H,16,19)(H,17,22). The van der Waals surface area contributed by atoms with Crippen molar-refractivity contribution in [2.45, 2.75) is 19.8 Å². The van der Waals surface area contributed by atoms with Gasteiger partial charge in [-0.15, -0.1) is 10.2 Å². The average molecular weight is 667 g/mol. The number of aromatic nitrogens is 8. The van der Waals surface area contributed by atoms with Crippen LogP contribution < -0.4 is 16.0 Å². The molecule has 2 amide bonds. The first kappa shape index (κ1) is 30.4. The fraction of sp³-hybridized carbons (Fsp3) is 0.250. The van der Waals surface area contributed by atoms with E-state index in [4.69, 9.17) is 0 Å². The van der Waals surface area contributed by atoms with Crippen molar-refractivity contribution >= 4 is 51.6 Å². The smallest absolute Gasteiger partial charge is 0.317 e. The number of imidazole rings is 2. The normalized spacial score (nSPS) is 12.8. The van der Waals surface area contributed by atoms with E-state index in [1.807, 2.05) is 57.3 Å². The molecule has 1 fully saturated rings. The molecular weight excluding hydrogens is 633 g/mol. The number of carbonyl (C=O) groups excluding carboxylic acids is 1. The van der Waals surface area contributed by atoms with Crippen LogP contribution in [0.4, 0.5) is 16.4 Å². The lowest BCUT2D eigenvalue weighted by molar-refractivity contribution is 0.219. The van der Waals surface area contributed by atoms with Gasteiger partial charge in [0.1, 0.15) is 11.6 Å². The van der Waals surface area contributed by atoms with E-state index in [9.17, 15) is 4.79 Å². The van der Waals surface area contributed by atoms with Gasteiger partial charge in [0.25, 0.3) is 0 Å². The largest absolute Gasteiger partial charge is 0.369 e. The van der Waals surface area contributed by atoms with Crippen molar-refractivity contribution in [3.8, 4) is 22.5 Å². The maximum Gasteiger partial charge on any atom is 0.317 e. The number of nitrogens with one attached hydrogen (secondary N) is 4. The van der Waals surface area contributed by atoms with Gasteiger partial charge >= 0.3 is 6.03 Å². The number of hydrogen-bond donors (Lipinski definition) is 4. The molecule has 47 heavy (non-hydrogen) atoms. The molecule has 240 valence electrons. The molecule has 15 heteroatoms. The third kappa shape index (κ3) is 6.95. The Balaban J connectivity index is 0.000000150. The Morgan fingerprint density at radius 2 is 1.47 bits per heavy atom. The Kier molecular flexibility index (Phi) is 9.05. The quantitative estimate of drug-likeness (QED) is 0.134. The lowest BCUT2D eigenvalue weighted by Gasteiger charge is -2.14. The van der Waals surface area contributed by atoms with E-state index in [-0.39, 0.29) is 6.03 Å². The molecule has 0 saturated carbocycles. The minimum absolute atomic E-state index is 0.00423. The zero-order valence-corrected chi connectivity index (χ0v) is 27.4. The highest BCUT2D eigenvalue weighted by atomic mass is 32.1. The highest BCUT2D eigenvalue weighted by molar-refractivity contribution is 7.08. The number of anilines is 2. The van der Waals surface area contributed by atoms with Crippen molar-refractivity contribution in [3.05, 3.63) is 87.8 Å². The highest BCUT2D eigenvalue weighted by Gasteiger charge is 2.18. The molecule has 0 spiro atoms. The average Bonchev–Trinajstić information content (AvgIpc) is 3.93. The van der Waals surface area contributed by atoms with Gasteiger partial charge in [-0.05, 0) is 72.5 Å². The Hall–Kier alpha value is -5.28. The molecule has 0 bridgehead atoms. The number of rotatable bonds is 11. The fourth-order valence-electron chi connectivity index (χ4n) is 5.32. The summed E-state index contributed by atoms with van der Waals surface area (Å²) < 4.78 is 3.73. The number of fused-ring (bicyclic) bond motifs is 2. The molecule has 0 unspecified atom stereocenters. The maximum absolute atomic E-state index is 11.5. The second-order valence-electron chi connectivity index (χ2n) is 11.0. The van der Waals surface area contributed by atoms with Gasteiger partial charge in [0.2, 0.25) is 0 Å². The molecule has 0 radical (unpaired) electrons. The molecule has 0 aromatic carbocycles. The van der Waals surface area contributed by atoms with E-state index in [0.29, 0.717) is 13.1 Å². The van der Waals surface area contributed by atoms with Crippen molar-refractivity contribution in [2.24, 2.45) is 0 Å². The van der Waals surface area contributed by atoms with Gasteiger partial charge in [0.15, 0.2) is 11.3 Å². The number of urea groups is 1. The first-order chi connectivity index (χ1) is 23.1. The van der Waals surface area contributed by atoms with Gasteiger partial charge in [-0.1, -0.05) is 0 Å². The van der Waals surface area contributed by atoms with E-state index < -0.39 is 0 Å². The third-order valence-electron chi connectivity index (χ3n) is 7.85. The summed E-state index contributed by atoms with van der Waals surface area (Å²) in [6, 6.07) is 12.0. The molecule has 1 saturated heterocycles. The predicted molar refractivity (Wildman–Crippen MR) is 186 cm³/mol. The second kappa shape index (κ2) is 14.0. The Bertz CT molecular complexity index is 2060. The first-order valence-corrected chi connectivity index (χ1v) is 17.2. The molecule has 4 N–H and O–H groups in total. The van der Waals surface area contributed by atoms with Gasteiger partial charge in [-0.25, -0.2) is 23.8 Å². The van der Waals surface area contributed by atoms with Crippen LogP contribution in [0, 0.1) is 6.92 Å². The van der Waals surface area contributed by atoms with Crippen LogP contribution in [0.1, 0.15) is 17.7 Å². The summed E-state index contributed by atoms with van der Waals surface area (Å²) >= 11 is 3.33. The minimum atomic E-state index is 0.00423. The van der Waals surface area contributed by atoms with Crippen molar-refractivity contribution in [2.75, 3.05) is 43.4 Å². The molecule has 0 atom stereocenters. The zero-order chi connectivity index (χ0) is 32.0.